The Morgan fingerprint density at radius 2 is 1.38 bits per heavy atom. The first-order chi connectivity index (χ1) is 4.00. The largest absolute Gasteiger partial charge is 0.381 e. The van der Waals surface area contributed by atoms with Gasteiger partial charge in [-0.05, 0) is 25.9 Å². The summed E-state index contributed by atoms with van der Waals surface area (Å²) >= 11 is 0. The lowest BCUT2D eigenvalue weighted by Gasteiger charge is -2.09. The number of hydrogen-bond acceptors (Lipinski definition) is 2. The number of hydrogen-bond donors (Lipinski definition) is 1. The Bertz CT molecular complexity index is 37.0. The monoisotopic (exact) mass is 117 g/mol. The average Bonchev–Trinajstić information content (AvgIpc) is 1.12. The van der Waals surface area contributed by atoms with Crippen molar-refractivity contribution < 1.29 is 6.16 Å². The van der Waals surface area contributed by atoms with Crippen LogP contribution < -0.4 is 5.32 Å². The molecule has 0 amide bonds. The molecule has 0 bridgehead atoms. The minimum atomic E-state index is 0. The summed E-state index contributed by atoms with van der Waals surface area (Å²) in [4.78, 5) is 0. The highest BCUT2D eigenvalue weighted by Crippen LogP contribution is 1.93. The van der Waals surface area contributed by atoms with Crippen molar-refractivity contribution in [2.45, 2.75) is 12.8 Å². The molecule has 0 aromatic carbocycles. The van der Waals surface area contributed by atoms with E-state index in [0.29, 0.717) is 0 Å². The topological polar surface area (TPSA) is 21.3 Å². The van der Waals surface area contributed by atoms with Crippen LogP contribution >= 0.6 is 0 Å². The van der Waals surface area contributed by atoms with Crippen LogP contribution in [0.4, 0.5) is 0 Å². The molecule has 50 valence electrons. The van der Waals surface area contributed by atoms with E-state index in [1.165, 1.54) is 25.9 Å². The Kier molecular flexibility index (Phi) is 2.92. The second-order valence-corrected chi connectivity index (χ2v) is 2.07. The lowest BCUT2D eigenvalue weighted by atomic mass is 10.3. The van der Waals surface area contributed by atoms with Crippen LogP contribution in [-0.4, -0.2) is 26.3 Å². The summed E-state index contributed by atoms with van der Waals surface area (Å²) in [7, 11) is 0. The molecule has 0 aliphatic carbocycles. The third kappa shape index (κ3) is 2.28. The Balaban J connectivity index is 0.000000128. The van der Waals surface area contributed by atoms with E-state index in [-0.39, 0.29) is 1.43 Å². The summed E-state index contributed by atoms with van der Waals surface area (Å²) in [6.07, 6.45) is 2.67. The molecule has 2 aliphatic rings. The van der Waals surface area contributed by atoms with Crippen LogP contribution in [0.2, 0.25) is 0 Å². The Morgan fingerprint density at radius 3 is 1.38 bits per heavy atom. The molecular formula is C6H15NO. The smallest absolute Gasteiger partial charge is 0.0488 e. The maximum atomic E-state index is 4.72. The van der Waals surface area contributed by atoms with Gasteiger partial charge in [0.05, 0.1) is 0 Å². The summed E-state index contributed by atoms with van der Waals surface area (Å²) < 4.78 is 4.72. The van der Waals surface area contributed by atoms with E-state index in [0.717, 1.165) is 13.2 Å². The van der Waals surface area contributed by atoms with Crippen molar-refractivity contribution in [2.24, 2.45) is 0 Å². The fourth-order valence-electron chi connectivity index (χ4n) is 0.321. The van der Waals surface area contributed by atoms with Gasteiger partial charge in [-0.15, -0.1) is 0 Å². The quantitative estimate of drug-likeness (QED) is 0.502. The molecule has 0 spiro atoms. The van der Waals surface area contributed by atoms with Crippen molar-refractivity contribution in [3.8, 4) is 0 Å². The molecule has 0 aromatic heterocycles. The fourth-order valence-corrected chi connectivity index (χ4v) is 0.321. The van der Waals surface area contributed by atoms with E-state index in [1.54, 1.807) is 0 Å². The van der Waals surface area contributed by atoms with E-state index in [2.05, 4.69) is 5.32 Å². The molecule has 0 aromatic rings. The van der Waals surface area contributed by atoms with Crippen molar-refractivity contribution in [2.75, 3.05) is 26.3 Å². The Labute approximate surface area is 51.7 Å². The van der Waals surface area contributed by atoms with Gasteiger partial charge in [-0.2, -0.15) is 0 Å². The van der Waals surface area contributed by atoms with E-state index < -0.39 is 0 Å². The minimum Gasteiger partial charge on any atom is -0.381 e. The molecule has 2 heteroatoms. The summed E-state index contributed by atoms with van der Waals surface area (Å²) in [5.41, 5.74) is 0. The highest BCUT2D eigenvalue weighted by molar-refractivity contribution is 4.56. The highest BCUT2D eigenvalue weighted by Gasteiger charge is 1.94. The zero-order chi connectivity index (χ0) is 5.66. The van der Waals surface area contributed by atoms with Crippen molar-refractivity contribution in [3.63, 3.8) is 0 Å². The molecule has 0 atom stereocenters. The van der Waals surface area contributed by atoms with Gasteiger partial charge in [-0.3, -0.25) is 0 Å². The molecule has 2 saturated heterocycles. The van der Waals surface area contributed by atoms with Gasteiger partial charge in [0.15, 0.2) is 0 Å². The van der Waals surface area contributed by atoms with Gasteiger partial charge in [0.1, 0.15) is 0 Å². The van der Waals surface area contributed by atoms with Crippen LogP contribution in [-0.2, 0) is 4.74 Å². The number of rotatable bonds is 0. The zero-order valence-corrected chi connectivity index (χ0v) is 5.15. The van der Waals surface area contributed by atoms with Gasteiger partial charge >= 0.3 is 0 Å². The maximum Gasteiger partial charge on any atom is 0.0488 e. The van der Waals surface area contributed by atoms with Gasteiger partial charge in [0.25, 0.3) is 0 Å². The SMILES string of the molecule is C1CNC1.C1COC1.[HH]. The van der Waals surface area contributed by atoms with Crippen LogP contribution in [0.15, 0.2) is 0 Å². The van der Waals surface area contributed by atoms with Gasteiger partial charge in [0, 0.05) is 14.6 Å². The van der Waals surface area contributed by atoms with Crippen LogP contribution in [0, 0.1) is 0 Å². The molecule has 2 rings (SSSR count). The van der Waals surface area contributed by atoms with Gasteiger partial charge in [-0.1, -0.05) is 0 Å². The van der Waals surface area contributed by atoms with Crippen molar-refractivity contribution in [3.05, 3.63) is 0 Å². The molecule has 0 saturated carbocycles. The molecule has 2 aliphatic heterocycles. The summed E-state index contributed by atoms with van der Waals surface area (Å²) in [5, 5.41) is 3.11. The summed E-state index contributed by atoms with van der Waals surface area (Å²) in [5.74, 6) is 0. The van der Waals surface area contributed by atoms with Gasteiger partial charge < -0.3 is 10.1 Å². The zero-order valence-electron chi connectivity index (χ0n) is 5.15. The molecule has 2 heterocycles. The molecule has 2 fully saturated rings. The second kappa shape index (κ2) is 3.87. The van der Waals surface area contributed by atoms with Crippen molar-refractivity contribution >= 4 is 0 Å². The van der Waals surface area contributed by atoms with Crippen LogP contribution in [0.5, 0.6) is 0 Å². The molecular weight excluding hydrogens is 102 g/mol. The van der Waals surface area contributed by atoms with Gasteiger partial charge in [-0.25, -0.2) is 0 Å². The van der Waals surface area contributed by atoms with E-state index >= 15 is 0 Å². The number of nitrogens with one attached hydrogen (secondary N) is 1. The van der Waals surface area contributed by atoms with E-state index in [1.807, 2.05) is 0 Å². The first-order valence-corrected chi connectivity index (χ1v) is 3.28. The fraction of sp³-hybridized carbons (Fsp3) is 1.00. The van der Waals surface area contributed by atoms with E-state index in [9.17, 15) is 0 Å². The van der Waals surface area contributed by atoms with Gasteiger partial charge in [0.2, 0.25) is 0 Å². The highest BCUT2D eigenvalue weighted by atomic mass is 16.5. The van der Waals surface area contributed by atoms with Crippen molar-refractivity contribution in [1.29, 1.82) is 0 Å². The third-order valence-electron chi connectivity index (χ3n) is 1.28. The molecule has 8 heavy (non-hydrogen) atoms. The Hall–Kier alpha value is -0.0800. The summed E-state index contributed by atoms with van der Waals surface area (Å²) in [6.45, 7) is 4.50. The lowest BCUT2D eigenvalue weighted by molar-refractivity contribution is 0.0367. The first-order valence-electron chi connectivity index (χ1n) is 3.28. The van der Waals surface area contributed by atoms with Crippen LogP contribution in [0.3, 0.4) is 0 Å². The third-order valence-corrected chi connectivity index (χ3v) is 1.28. The van der Waals surface area contributed by atoms with E-state index in [4.69, 9.17) is 4.74 Å². The molecule has 1 N–H and O–H groups in total. The maximum absolute atomic E-state index is 4.72. The predicted octanol–water partition coefficient (Wildman–Crippen LogP) is 0.632. The summed E-state index contributed by atoms with van der Waals surface area (Å²) in [6, 6.07) is 0. The Morgan fingerprint density at radius 1 is 1.12 bits per heavy atom. The standard InChI is InChI=1S/C3H7N.C3H6O.H2/c2*1-2-4-3-1;/h4H,1-3H2;1-3H2;1H. The molecule has 0 radical (unpaired) electrons. The normalized spacial score (nSPS) is 24.0. The molecule has 0 unspecified atom stereocenters. The minimum absolute atomic E-state index is 0. The molecule has 2 nitrogen and oxygen atoms in total. The van der Waals surface area contributed by atoms with Crippen LogP contribution in [0.25, 0.3) is 0 Å². The second-order valence-electron chi connectivity index (χ2n) is 2.07. The first kappa shape index (κ1) is 6.05. The average molecular weight is 117 g/mol. The predicted molar refractivity (Wildman–Crippen MR) is 35.0 cm³/mol. The van der Waals surface area contributed by atoms with Crippen molar-refractivity contribution in [1.82, 2.24) is 5.32 Å². The van der Waals surface area contributed by atoms with Crippen LogP contribution in [0.1, 0.15) is 14.3 Å². The number of ether oxygens (including phenoxy) is 1. The lowest BCUT2D eigenvalue weighted by Crippen LogP contribution is -2.29.